The smallest absolute Gasteiger partial charge is 0.144 e. The van der Waals surface area contributed by atoms with Crippen molar-refractivity contribution in [3.63, 3.8) is 0 Å². The van der Waals surface area contributed by atoms with Crippen molar-refractivity contribution in [2.24, 2.45) is 0 Å². The molecule has 4 heteroatoms. The zero-order chi connectivity index (χ0) is 21.9. The zero-order valence-corrected chi connectivity index (χ0v) is 19.9. The van der Waals surface area contributed by atoms with Crippen LogP contribution in [0.2, 0.25) is 18.1 Å². The molecule has 4 heterocycles. The second-order valence-electron chi connectivity index (χ2n) is 10.4. The van der Waals surface area contributed by atoms with E-state index in [2.05, 4.69) is 50.4 Å². The molecule has 160 valence electrons. The molecule has 1 spiro atoms. The Morgan fingerprint density at radius 1 is 1.00 bits per heavy atom. The van der Waals surface area contributed by atoms with Gasteiger partial charge in [0, 0.05) is 22.5 Å². The van der Waals surface area contributed by atoms with Crippen LogP contribution in [0.5, 0.6) is 0 Å². The molecule has 0 aliphatic carbocycles. The van der Waals surface area contributed by atoms with Gasteiger partial charge < -0.3 is 4.42 Å². The third-order valence-corrected chi connectivity index (χ3v) is 13.5. The van der Waals surface area contributed by atoms with Crippen molar-refractivity contribution in [2.45, 2.75) is 63.1 Å². The standard InChI is InChI=1S/C28H28N2OSi/c1-28(2)11-14-32(12-4-3-5-13-32)26-16-24(30-18-23(26)28)22-8-6-7-21-20-10-9-19(17-29)15-25(20)31-27(21)22/h6-10,15-16,18H,3-5,11-14H2,1-2H3. The number of nitrogens with zero attached hydrogens (tertiary/aromatic N) is 2. The van der Waals surface area contributed by atoms with Crippen molar-refractivity contribution in [1.29, 1.82) is 5.26 Å². The molecule has 2 aromatic heterocycles. The van der Waals surface area contributed by atoms with Crippen molar-refractivity contribution in [3.05, 3.63) is 59.8 Å². The largest absolute Gasteiger partial charge is 0.455 e. The number of furan rings is 1. The van der Waals surface area contributed by atoms with Gasteiger partial charge in [-0.05, 0) is 47.7 Å². The van der Waals surface area contributed by atoms with E-state index in [1.807, 2.05) is 18.2 Å². The molecule has 1 fully saturated rings. The van der Waals surface area contributed by atoms with Crippen LogP contribution in [0.4, 0.5) is 0 Å². The third-order valence-electron chi connectivity index (χ3n) is 8.15. The monoisotopic (exact) mass is 436 g/mol. The van der Waals surface area contributed by atoms with Gasteiger partial charge >= 0.3 is 0 Å². The van der Waals surface area contributed by atoms with Gasteiger partial charge in [0.05, 0.1) is 25.4 Å². The van der Waals surface area contributed by atoms with Crippen molar-refractivity contribution >= 4 is 35.2 Å². The molecule has 2 aliphatic rings. The first kappa shape index (κ1) is 19.8. The van der Waals surface area contributed by atoms with Gasteiger partial charge in [0.1, 0.15) is 11.2 Å². The lowest BCUT2D eigenvalue weighted by Crippen LogP contribution is -2.56. The van der Waals surface area contributed by atoms with Gasteiger partial charge in [-0.3, -0.25) is 4.98 Å². The van der Waals surface area contributed by atoms with E-state index < -0.39 is 8.07 Å². The fourth-order valence-electron chi connectivity index (χ4n) is 6.22. The van der Waals surface area contributed by atoms with E-state index in [1.165, 1.54) is 49.4 Å². The average Bonchev–Trinajstić information content (AvgIpc) is 3.20. The fraction of sp³-hybridized carbons (Fsp3) is 0.357. The zero-order valence-electron chi connectivity index (χ0n) is 18.9. The number of hydrogen-bond donors (Lipinski definition) is 0. The maximum absolute atomic E-state index is 9.28. The van der Waals surface area contributed by atoms with Crippen molar-refractivity contribution in [1.82, 2.24) is 4.98 Å². The Balaban J connectivity index is 1.57. The molecule has 3 nitrogen and oxygen atoms in total. The highest BCUT2D eigenvalue weighted by Crippen LogP contribution is 2.44. The third kappa shape index (κ3) is 2.88. The number of nitriles is 1. The summed E-state index contributed by atoms with van der Waals surface area (Å²) >= 11 is 0. The Labute approximate surface area is 190 Å². The number of fused-ring (bicyclic) bond motifs is 5. The number of rotatable bonds is 1. The maximum atomic E-state index is 9.28. The summed E-state index contributed by atoms with van der Waals surface area (Å²) in [6.07, 6.45) is 7.67. The number of aromatic nitrogens is 1. The quantitative estimate of drug-likeness (QED) is 0.301. The van der Waals surface area contributed by atoms with E-state index in [0.29, 0.717) is 5.56 Å². The van der Waals surface area contributed by atoms with Crippen LogP contribution in [0.25, 0.3) is 33.2 Å². The molecule has 0 atom stereocenters. The van der Waals surface area contributed by atoms with Crippen LogP contribution in [0.15, 0.2) is 53.1 Å². The molecule has 0 amide bonds. The first-order valence-electron chi connectivity index (χ1n) is 11.9. The van der Waals surface area contributed by atoms with Gasteiger partial charge in [0.15, 0.2) is 0 Å². The van der Waals surface area contributed by atoms with Gasteiger partial charge in [0.2, 0.25) is 0 Å². The summed E-state index contributed by atoms with van der Waals surface area (Å²) in [7, 11) is -1.46. The van der Waals surface area contributed by atoms with Crippen LogP contribution in [0.1, 0.15) is 50.7 Å². The topological polar surface area (TPSA) is 49.8 Å². The molecular weight excluding hydrogens is 408 g/mol. The van der Waals surface area contributed by atoms with Crippen LogP contribution in [0.3, 0.4) is 0 Å². The van der Waals surface area contributed by atoms with E-state index in [1.54, 1.807) is 5.19 Å². The molecule has 0 radical (unpaired) electrons. The number of hydrogen-bond acceptors (Lipinski definition) is 3. The predicted molar refractivity (Wildman–Crippen MR) is 133 cm³/mol. The normalized spacial score (nSPS) is 19.2. The lowest BCUT2D eigenvalue weighted by molar-refractivity contribution is 0.491. The minimum absolute atomic E-state index is 0.204. The summed E-state index contributed by atoms with van der Waals surface area (Å²) in [6.45, 7) is 4.79. The summed E-state index contributed by atoms with van der Waals surface area (Å²) in [4.78, 5) is 5.00. The summed E-state index contributed by atoms with van der Waals surface area (Å²) in [5.41, 5.74) is 6.06. The lowest BCUT2D eigenvalue weighted by atomic mass is 9.82. The van der Waals surface area contributed by atoms with E-state index in [9.17, 15) is 5.26 Å². The van der Waals surface area contributed by atoms with Gasteiger partial charge in [-0.15, -0.1) is 0 Å². The van der Waals surface area contributed by atoms with Crippen LogP contribution in [-0.4, -0.2) is 13.1 Å². The van der Waals surface area contributed by atoms with Crippen LogP contribution in [0, 0.1) is 11.3 Å². The van der Waals surface area contributed by atoms with Crippen molar-refractivity contribution in [2.75, 3.05) is 0 Å². The molecule has 1 saturated heterocycles. The molecule has 2 aliphatic heterocycles. The molecule has 6 rings (SSSR count). The summed E-state index contributed by atoms with van der Waals surface area (Å²) < 4.78 is 6.32. The van der Waals surface area contributed by atoms with Crippen LogP contribution in [-0.2, 0) is 5.41 Å². The number of benzene rings is 2. The van der Waals surface area contributed by atoms with Crippen molar-refractivity contribution < 1.29 is 4.42 Å². The SMILES string of the molecule is CC1(C)CC[Si]2(CCCCC2)c2cc(-c3cccc4c3oc3cc(C#N)ccc34)ncc21. The second-order valence-corrected chi connectivity index (χ2v) is 15.0. The highest BCUT2D eigenvalue weighted by Gasteiger charge is 2.45. The van der Waals surface area contributed by atoms with Gasteiger partial charge in [-0.1, -0.05) is 68.6 Å². The molecule has 4 aromatic rings. The summed E-state index contributed by atoms with van der Waals surface area (Å²) in [5, 5.41) is 13.1. The van der Waals surface area contributed by atoms with E-state index in [-0.39, 0.29) is 5.41 Å². The lowest BCUT2D eigenvalue weighted by Gasteiger charge is -2.46. The van der Waals surface area contributed by atoms with Gasteiger partial charge in [-0.2, -0.15) is 5.26 Å². The fourth-order valence-corrected chi connectivity index (χ4v) is 12.2. The second kappa shape index (κ2) is 7.05. The Morgan fingerprint density at radius 3 is 2.66 bits per heavy atom. The number of para-hydroxylation sites is 1. The Bertz CT molecular complexity index is 1400. The summed E-state index contributed by atoms with van der Waals surface area (Å²) in [5.74, 6) is 0. The van der Waals surface area contributed by atoms with Gasteiger partial charge in [-0.25, -0.2) is 0 Å². The molecule has 2 aromatic carbocycles. The molecular formula is C28H28N2OSi. The maximum Gasteiger partial charge on any atom is 0.144 e. The van der Waals surface area contributed by atoms with Gasteiger partial charge in [0.25, 0.3) is 0 Å². The first-order valence-corrected chi connectivity index (χ1v) is 14.5. The molecule has 32 heavy (non-hydrogen) atoms. The first-order chi connectivity index (χ1) is 15.5. The highest BCUT2D eigenvalue weighted by atomic mass is 28.3. The Kier molecular flexibility index (Phi) is 4.35. The minimum atomic E-state index is -1.46. The van der Waals surface area contributed by atoms with Crippen LogP contribution >= 0.6 is 0 Å². The Morgan fingerprint density at radius 2 is 1.84 bits per heavy atom. The van der Waals surface area contributed by atoms with Crippen LogP contribution < -0.4 is 5.19 Å². The molecule has 0 unspecified atom stereocenters. The van der Waals surface area contributed by atoms with E-state index in [0.717, 1.165) is 33.2 Å². The summed E-state index contributed by atoms with van der Waals surface area (Å²) in [6, 6.07) is 21.0. The Hall–Kier alpha value is -2.90. The molecule has 0 N–H and O–H groups in total. The van der Waals surface area contributed by atoms with E-state index >= 15 is 0 Å². The van der Waals surface area contributed by atoms with E-state index in [4.69, 9.17) is 9.40 Å². The van der Waals surface area contributed by atoms with Crippen molar-refractivity contribution in [3.8, 4) is 17.3 Å². The number of pyridine rings is 1. The predicted octanol–water partition coefficient (Wildman–Crippen LogP) is 7.04. The molecule has 0 bridgehead atoms. The molecule has 0 saturated carbocycles. The minimum Gasteiger partial charge on any atom is -0.455 e. The highest BCUT2D eigenvalue weighted by molar-refractivity contribution is 6.92. The average molecular weight is 437 g/mol.